The maximum absolute atomic E-state index is 12.3. The van der Waals surface area contributed by atoms with Crippen LogP contribution in [0.15, 0.2) is 47.6 Å². The number of hydrogen-bond acceptors (Lipinski definition) is 6. The Balaban J connectivity index is 1.70. The Morgan fingerprint density at radius 1 is 1.13 bits per heavy atom. The number of rotatable bonds is 4. The molecule has 0 radical (unpaired) electrons. The van der Waals surface area contributed by atoms with E-state index in [2.05, 4.69) is 15.3 Å². The number of amides is 2. The molecule has 1 N–H and O–H groups in total. The van der Waals surface area contributed by atoms with Crippen LogP contribution >= 0.6 is 0 Å². The number of benzene rings is 1. The van der Waals surface area contributed by atoms with Gasteiger partial charge in [0.05, 0.1) is 5.56 Å². The molecule has 8 nitrogen and oxygen atoms in total. The third kappa shape index (κ3) is 2.78. The van der Waals surface area contributed by atoms with Crippen LogP contribution in [0.25, 0.3) is 0 Å². The SMILES string of the molecule is O=C(CCN1C(=O)c2ccccc2S1(=O)=O)Nc1ncccn1. The van der Waals surface area contributed by atoms with Crippen LogP contribution in [0, 0.1) is 0 Å². The monoisotopic (exact) mass is 332 g/mol. The molecule has 0 aliphatic carbocycles. The van der Waals surface area contributed by atoms with Gasteiger partial charge in [0.2, 0.25) is 11.9 Å². The number of fused-ring (bicyclic) bond motifs is 1. The van der Waals surface area contributed by atoms with Crippen molar-refractivity contribution in [1.29, 1.82) is 0 Å². The molecule has 0 spiro atoms. The van der Waals surface area contributed by atoms with E-state index >= 15 is 0 Å². The molecular formula is C14H12N4O4S. The normalized spacial score (nSPS) is 15.3. The van der Waals surface area contributed by atoms with Gasteiger partial charge in [-0.15, -0.1) is 0 Å². The van der Waals surface area contributed by atoms with E-state index in [-0.39, 0.29) is 29.4 Å². The molecule has 3 rings (SSSR count). The summed E-state index contributed by atoms with van der Waals surface area (Å²) in [6.45, 7) is -0.242. The van der Waals surface area contributed by atoms with Gasteiger partial charge in [-0.25, -0.2) is 22.7 Å². The molecule has 0 atom stereocenters. The van der Waals surface area contributed by atoms with Crippen molar-refractivity contribution < 1.29 is 18.0 Å². The van der Waals surface area contributed by atoms with E-state index in [0.717, 1.165) is 0 Å². The number of anilines is 1. The number of carbonyl (C=O) groups excluding carboxylic acids is 2. The Morgan fingerprint density at radius 3 is 2.52 bits per heavy atom. The van der Waals surface area contributed by atoms with Gasteiger partial charge in [-0.2, -0.15) is 0 Å². The lowest BCUT2D eigenvalue weighted by Gasteiger charge is -2.14. The zero-order valence-electron chi connectivity index (χ0n) is 11.8. The molecule has 118 valence electrons. The molecule has 2 heterocycles. The molecule has 0 unspecified atom stereocenters. The molecule has 9 heteroatoms. The number of nitrogens with one attached hydrogen (secondary N) is 1. The third-order valence-electron chi connectivity index (χ3n) is 3.27. The molecule has 1 aromatic heterocycles. The number of aromatic nitrogens is 2. The maximum Gasteiger partial charge on any atom is 0.269 e. The minimum Gasteiger partial charge on any atom is -0.294 e. The van der Waals surface area contributed by atoms with Crippen LogP contribution < -0.4 is 5.32 Å². The van der Waals surface area contributed by atoms with Crippen molar-refractivity contribution in [3.8, 4) is 0 Å². The summed E-state index contributed by atoms with van der Waals surface area (Å²) in [5.41, 5.74) is 0.124. The van der Waals surface area contributed by atoms with Crippen LogP contribution in [0.1, 0.15) is 16.8 Å². The molecule has 2 amide bonds. The van der Waals surface area contributed by atoms with Gasteiger partial charge in [0.25, 0.3) is 15.9 Å². The Bertz CT molecular complexity index is 867. The summed E-state index contributed by atoms with van der Waals surface area (Å²) in [5, 5.41) is 2.44. The van der Waals surface area contributed by atoms with Gasteiger partial charge in [-0.3, -0.25) is 14.9 Å². The first-order valence-corrected chi connectivity index (χ1v) is 8.17. The van der Waals surface area contributed by atoms with Gasteiger partial charge in [-0.1, -0.05) is 12.1 Å². The van der Waals surface area contributed by atoms with E-state index in [9.17, 15) is 18.0 Å². The summed E-state index contributed by atoms with van der Waals surface area (Å²) in [7, 11) is -3.89. The van der Waals surface area contributed by atoms with Gasteiger partial charge >= 0.3 is 0 Å². The van der Waals surface area contributed by atoms with Crippen LogP contribution in [0.3, 0.4) is 0 Å². The second-order valence-corrected chi connectivity index (χ2v) is 6.58. The molecular weight excluding hydrogens is 320 g/mol. The van der Waals surface area contributed by atoms with Crippen molar-refractivity contribution in [1.82, 2.24) is 14.3 Å². The average molecular weight is 332 g/mol. The molecule has 0 saturated heterocycles. The van der Waals surface area contributed by atoms with E-state index in [0.29, 0.717) is 4.31 Å². The van der Waals surface area contributed by atoms with Crippen LogP contribution in [0.2, 0.25) is 0 Å². The zero-order chi connectivity index (χ0) is 16.4. The van der Waals surface area contributed by atoms with Gasteiger partial charge in [-0.05, 0) is 18.2 Å². The number of nitrogens with zero attached hydrogens (tertiary/aromatic N) is 3. The zero-order valence-corrected chi connectivity index (χ0v) is 12.7. The van der Waals surface area contributed by atoms with Crippen LogP contribution in [-0.2, 0) is 14.8 Å². The Labute approximate surface area is 132 Å². The van der Waals surface area contributed by atoms with E-state index in [1.54, 1.807) is 18.2 Å². The molecule has 1 aliphatic rings. The summed E-state index contributed by atoms with van der Waals surface area (Å²) < 4.78 is 25.3. The van der Waals surface area contributed by atoms with Gasteiger partial charge in [0.15, 0.2) is 0 Å². The van der Waals surface area contributed by atoms with E-state index < -0.39 is 21.8 Å². The summed E-state index contributed by atoms with van der Waals surface area (Å²) >= 11 is 0. The van der Waals surface area contributed by atoms with Gasteiger partial charge in [0.1, 0.15) is 4.90 Å². The highest BCUT2D eigenvalue weighted by atomic mass is 32.2. The largest absolute Gasteiger partial charge is 0.294 e. The van der Waals surface area contributed by atoms with Crippen LogP contribution in [0.5, 0.6) is 0 Å². The van der Waals surface area contributed by atoms with Crippen molar-refractivity contribution >= 4 is 27.8 Å². The predicted molar refractivity (Wildman–Crippen MR) is 79.9 cm³/mol. The molecule has 1 aromatic carbocycles. The molecule has 0 bridgehead atoms. The van der Waals surface area contributed by atoms with E-state index in [4.69, 9.17) is 0 Å². The molecule has 23 heavy (non-hydrogen) atoms. The first-order chi connectivity index (χ1) is 11.0. The van der Waals surface area contributed by atoms with E-state index in [1.807, 2.05) is 0 Å². The minimum absolute atomic E-state index is 0.0307. The van der Waals surface area contributed by atoms with Crippen molar-refractivity contribution in [2.24, 2.45) is 0 Å². The fourth-order valence-corrected chi connectivity index (χ4v) is 3.78. The predicted octanol–water partition coefficient (Wildman–Crippen LogP) is 0.650. The van der Waals surface area contributed by atoms with E-state index in [1.165, 1.54) is 24.5 Å². The van der Waals surface area contributed by atoms with Gasteiger partial charge < -0.3 is 0 Å². The number of hydrogen-bond donors (Lipinski definition) is 1. The lowest BCUT2D eigenvalue weighted by Crippen LogP contribution is -2.33. The second kappa shape index (κ2) is 5.76. The minimum atomic E-state index is -3.89. The summed E-state index contributed by atoms with van der Waals surface area (Å²) in [6.07, 6.45) is 2.75. The third-order valence-corrected chi connectivity index (χ3v) is 5.11. The number of carbonyl (C=O) groups is 2. The van der Waals surface area contributed by atoms with Gasteiger partial charge in [0, 0.05) is 25.4 Å². The smallest absolute Gasteiger partial charge is 0.269 e. The quantitative estimate of drug-likeness (QED) is 0.880. The van der Waals surface area contributed by atoms with Crippen molar-refractivity contribution in [3.05, 3.63) is 48.3 Å². The molecule has 1 aliphatic heterocycles. The topological polar surface area (TPSA) is 109 Å². The fraction of sp³-hybridized carbons (Fsp3) is 0.143. The maximum atomic E-state index is 12.3. The highest BCUT2D eigenvalue weighted by Crippen LogP contribution is 2.29. The summed E-state index contributed by atoms with van der Waals surface area (Å²) in [6, 6.07) is 7.57. The fourth-order valence-electron chi connectivity index (χ4n) is 2.21. The molecule has 2 aromatic rings. The second-order valence-electron chi connectivity index (χ2n) is 4.75. The highest BCUT2D eigenvalue weighted by molar-refractivity contribution is 7.90. The van der Waals surface area contributed by atoms with Crippen molar-refractivity contribution in [2.45, 2.75) is 11.3 Å². The van der Waals surface area contributed by atoms with Crippen LogP contribution in [-0.4, -0.2) is 41.1 Å². The Morgan fingerprint density at radius 2 is 1.83 bits per heavy atom. The summed E-state index contributed by atoms with van der Waals surface area (Å²) in [5.74, 6) is -0.976. The Kier molecular flexibility index (Phi) is 3.78. The highest BCUT2D eigenvalue weighted by Gasteiger charge is 2.40. The average Bonchev–Trinajstić information content (AvgIpc) is 2.74. The lowest BCUT2D eigenvalue weighted by atomic mass is 10.2. The number of sulfonamides is 1. The lowest BCUT2D eigenvalue weighted by molar-refractivity contribution is -0.116. The van der Waals surface area contributed by atoms with Crippen molar-refractivity contribution in [3.63, 3.8) is 0 Å². The Hall–Kier alpha value is -2.81. The molecule has 0 fully saturated rings. The van der Waals surface area contributed by atoms with Crippen LogP contribution in [0.4, 0.5) is 5.95 Å². The summed E-state index contributed by atoms with van der Waals surface area (Å²) in [4.78, 5) is 31.6. The first kappa shape index (κ1) is 15.1. The van der Waals surface area contributed by atoms with Crippen molar-refractivity contribution in [2.75, 3.05) is 11.9 Å². The first-order valence-electron chi connectivity index (χ1n) is 6.73. The molecule has 0 saturated carbocycles. The standard InChI is InChI=1S/C14H12N4O4S/c19-12(17-14-15-7-3-8-16-14)6-9-18-13(20)10-4-1-2-5-11(10)23(18,21)22/h1-5,7-8H,6,9H2,(H,15,16,17,19).